The maximum absolute atomic E-state index is 12.5. The lowest BCUT2D eigenvalue weighted by atomic mass is 10.1. The second kappa shape index (κ2) is 4.97. The first-order chi connectivity index (χ1) is 10.3. The number of carbonyl (C=O) groups excluding carboxylic acids is 1. The van der Waals surface area contributed by atoms with Crippen molar-refractivity contribution in [3.8, 4) is 0 Å². The predicted octanol–water partition coefficient (Wildman–Crippen LogP) is 0.737. The number of fused-ring (bicyclic) bond motifs is 1. The first-order valence-electron chi connectivity index (χ1n) is 6.46. The summed E-state index contributed by atoms with van der Waals surface area (Å²) in [5.74, 6) is -0.339. The molecule has 1 saturated heterocycles. The molecule has 3 rings (SSSR count). The Morgan fingerprint density at radius 2 is 2.09 bits per heavy atom. The standard InChI is InChI=1S/C14H12IN3O4/c1-14(15)4-2-3-9-8(5-14)7-17(11(9)19)10-6-16-13(21)18(22)12(10)20/h2-6,22H,7H2,1H3,(H,16,21). The number of allylic oxidation sites excluding steroid dienone is 4. The lowest BCUT2D eigenvalue weighted by Crippen LogP contribution is -2.39. The van der Waals surface area contributed by atoms with Crippen LogP contribution in [0.4, 0.5) is 5.69 Å². The zero-order chi connectivity index (χ0) is 16.1. The summed E-state index contributed by atoms with van der Waals surface area (Å²) in [7, 11) is 0. The lowest BCUT2D eigenvalue weighted by Gasteiger charge is -2.15. The second-order valence-electron chi connectivity index (χ2n) is 5.25. The number of aromatic nitrogens is 2. The van der Waals surface area contributed by atoms with E-state index in [0.717, 1.165) is 11.8 Å². The normalized spacial score (nSPS) is 23.9. The number of alkyl halides is 1. The minimum atomic E-state index is -0.948. The van der Waals surface area contributed by atoms with E-state index in [1.54, 1.807) is 6.08 Å². The molecule has 8 heteroatoms. The van der Waals surface area contributed by atoms with Crippen LogP contribution in [0.25, 0.3) is 0 Å². The molecule has 1 fully saturated rings. The molecule has 0 saturated carbocycles. The number of amides is 1. The van der Waals surface area contributed by atoms with Crippen molar-refractivity contribution in [2.75, 3.05) is 11.4 Å². The van der Waals surface area contributed by atoms with Gasteiger partial charge in [0.2, 0.25) is 0 Å². The van der Waals surface area contributed by atoms with Gasteiger partial charge in [-0.3, -0.25) is 14.5 Å². The van der Waals surface area contributed by atoms with Gasteiger partial charge in [-0.05, 0) is 18.6 Å². The fourth-order valence-corrected chi connectivity index (χ4v) is 3.06. The molecule has 0 spiro atoms. The molecule has 0 bridgehead atoms. The topological polar surface area (TPSA) is 95.4 Å². The predicted molar refractivity (Wildman–Crippen MR) is 88.6 cm³/mol. The van der Waals surface area contributed by atoms with Gasteiger partial charge in [-0.1, -0.05) is 45.5 Å². The molecule has 114 valence electrons. The Hall–Kier alpha value is -2.10. The van der Waals surface area contributed by atoms with E-state index in [-0.39, 0.29) is 26.3 Å². The van der Waals surface area contributed by atoms with Crippen molar-refractivity contribution in [3.63, 3.8) is 0 Å². The highest BCUT2D eigenvalue weighted by Crippen LogP contribution is 2.34. The molecule has 1 aromatic rings. The van der Waals surface area contributed by atoms with Gasteiger partial charge in [0.15, 0.2) is 0 Å². The van der Waals surface area contributed by atoms with E-state index in [1.165, 1.54) is 4.90 Å². The van der Waals surface area contributed by atoms with Gasteiger partial charge in [0.25, 0.3) is 5.91 Å². The molecule has 0 radical (unpaired) electrons. The molecule has 2 heterocycles. The molecule has 7 nitrogen and oxygen atoms in total. The minimum Gasteiger partial charge on any atom is -0.421 e. The SMILES string of the molecule is CC1(I)C=CC=C2C(=O)N(c3c[nH]c(=O)n(O)c3=O)CC2=C1. The summed E-state index contributed by atoms with van der Waals surface area (Å²) in [5.41, 5.74) is -0.631. The molecule has 1 aliphatic carbocycles. The van der Waals surface area contributed by atoms with Crippen LogP contribution >= 0.6 is 22.6 Å². The Bertz CT molecular complexity index is 873. The number of rotatable bonds is 1. The number of halogens is 1. The van der Waals surface area contributed by atoms with E-state index in [2.05, 4.69) is 27.6 Å². The zero-order valence-electron chi connectivity index (χ0n) is 11.5. The van der Waals surface area contributed by atoms with Gasteiger partial charge in [0.05, 0.1) is 9.97 Å². The number of anilines is 1. The van der Waals surface area contributed by atoms with E-state index in [1.807, 2.05) is 25.2 Å². The van der Waals surface area contributed by atoms with Crippen LogP contribution < -0.4 is 16.1 Å². The van der Waals surface area contributed by atoms with Gasteiger partial charge in [-0.15, -0.1) is 0 Å². The van der Waals surface area contributed by atoms with Crippen LogP contribution in [0.2, 0.25) is 0 Å². The van der Waals surface area contributed by atoms with E-state index < -0.39 is 11.2 Å². The van der Waals surface area contributed by atoms with Crippen LogP contribution in [0, 0.1) is 0 Å². The summed E-state index contributed by atoms with van der Waals surface area (Å²) in [5, 5.41) is 9.40. The van der Waals surface area contributed by atoms with Crippen LogP contribution in [0.3, 0.4) is 0 Å². The van der Waals surface area contributed by atoms with Crippen LogP contribution in [0.15, 0.2) is 51.2 Å². The van der Waals surface area contributed by atoms with E-state index in [0.29, 0.717) is 5.57 Å². The molecule has 1 amide bonds. The molecule has 1 aromatic heterocycles. The third-order valence-electron chi connectivity index (χ3n) is 3.52. The molecule has 2 N–H and O–H groups in total. The van der Waals surface area contributed by atoms with Crippen molar-refractivity contribution < 1.29 is 10.0 Å². The number of nitrogens with one attached hydrogen (secondary N) is 1. The Kier molecular flexibility index (Phi) is 3.35. The molecule has 22 heavy (non-hydrogen) atoms. The average Bonchev–Trinajstić information content (AvgIpc) is 2.65. The van der Waals surface area contributed by atoms with Crippen LogP contribution in [0.1, 0.15) is 6.92 Å². The van der Waals surface area contributed by atoms with Gasteiger partial charge in [0.1, 0.15) is 5.69 Å². The molecule has 2 aliphatic rings. The fourth-order valence-electron chi connectivity index (χ4n) is 2.47. The van der Waals surface area contributed by atoms with Gasteiger partial charge < -0.3 is 10.2 Å². The number of hydrogen-bond donors (Lipinski definition) is 2. The largest absolute Gasteiger partial charge is 0.421 e. The van der Waals surface area contributed by atoms with Crippen molar-refractivity contribution in [3.05, 3.63) is 62.5 Å². The number of hydrogen-bond acceptors (Lipinski definition) is 4. The summed E-state index contributed by atoms with van der Waals surface area (Å²) in [4.78, 5) is 39.1. The Labute approximate surface area is 138 Å². The van der Waals surface area contributed by atoms with Gasteiger partial charge >= 0.3 is 11.2 Å². The highest BCUT2D eigenvalue weighted by atomic mass is 127. The summed E-state index contributed by atoms with van der Waals surface area (Å²) < 4.78 is -0.272. The number of nitrogens with zero attached hydrogens (tertiary/aromatic N) is 2. The van der Waals surface area contributed by atoms with Crippen molar-refractivity contribution in [2.45, 2.75) is 10.3 Å². The minimum absolute atomic E-state index is 0.0398. The number of carbonyl (C=O) groups is 1. The second-order valence-corrected chi connectivity index (χ2v) is 7.57. The van der Waals surface area contributed by atoms with Crippen LogP contribution in [0.5, 0.6) is 0 Å². The third-order valence-corrected chi connectivity index (χ3v) is 4.19. The number of H-pyrrole nitrogens is 1. The van der Waals surface area contributed by atoms with Crippen molar-refractivity contribution in [1.29, 1.82) is 0 Å². The van der Waals surface area contributed by atoms with E-state index >= 15 is 0 Å². The molecular weight excluding hydrogens is 401 g/mol. The van der Waals surface area contributed by atoms with Crippen LogP contribution in [-0.2, 0) is 4.79 Å². The van der Waals surface area contributed by atoms with Crippen molar-refractivity contribution >= 4 is 34.2 Å². The monoisotopic (exact) mass is 413 g/mol. The molecule has 1 aliphatic heterocycles. The van der Waals surface area contributed by atoms with Gasteiger partial charge in [0, 0.05) is 11.8 Å². The highest BCUT2D eigenvalue weighted by Gasteiger charge is 2.35. The third kappa shape index (κ3) is 2.32. The van der Waals surface area contributed by atoms with Crippen molar-refractivity contribution in [1.82, 2.24) is 9.71 Å². The first-order valence-corrected chi connectivity index (χ1v) is 7.54. The van der Waals surface area contributed by atoms with E-state index in [4.69, 9.17) is 0 Å². The molecular formula is C14H12IN3O4. The van der Waals surface area contributed by atoms with Crippen molar-refractivity contribution in [2.24, 2.45) is 0 Å². The molecule has 1 unspecified atom stereocenters. The van der Waals surface area contributed by atoms with E-state index in [9.17, 15) is 19.6 Å². The average molecular weight is 413 g/mol. The summed E-state index contributed by atoms with van der Waals surface area (Å²) in [6.45, 7) is 2.22. The Morgan fingerprint density at radius 1 is 1.36 bits per heavy atom. The van der Waals surface area contributed by atoms with Gasteiger partial charge in [-0.2, -0.15) is 0 Å². The van der Waals surface area contributed by atoms with Crippen LogP contribution in [-0.4, -0.2) is 30.8 Å². The summed E-state index contributed by atoms with van der Waals surface area (Å²) in [6, 6.07) is 0. The zero-order valence-corrected chi connectivity index (χ0v) is 13.7. The first kappa shape index (κ1) is 14.8. The van der Waals surface area contributed by atoms with Gasteiger partial charge in [-0.25, -0.2) is 4.79 Å². The summed E-state index contributed by atoms with van der Waals surface area (Å²) in [6.07, 6.45) is 8.60. The fraction of sp³-hybridized carbons (Fsp3) is 0.214. The maximum atomic E-state index is 12.5. The Balaban J connectivity index is 2.10. The Morgan fingerprint density at radius 3 is 2.82 bits per heavy atom. The molecule has 1 atom stereocenters. The lowest BCUT2D eigenvalue weighted by molar-refractivity contribution is -0.114. The molecule has 0 aromatic carbocycles. The smallest absolute Gasteiger partial charge is 0.361 e. The highest BCUT2D eigenvalue weighted by molar-refractivity contribution is 14.1. The maximum Gasteiger partial charge on any atom is 0.361 e. The number of aromatic amines is 1. The summed E-state index contributed by atoms with van der Waals surface area (Å²) >= 11 is 2.26. The quantitative estimate of drug-likeness (QED) is 0.404.